The Morgan fingerprint density at radius 1 is 0.248 bits per heavy atom. The van der Waals surface area contributed by atoms with E-state index in [1.165, 1.54) is 0 Å². The van der Waals surface area contributed by atoms with E-state index in [4.69, 9.17) is 154 Å². The average molecular weight is 1620 g/mol. The molecular weight excluding hydrogens is 1520 g/mol. The van der Waals surface area contributed by atoms with Crippen molar-refractivity contribution in [3.05, 3.63) is 48.5 Å². The van der Waals surface area contributed by atoms with Crippen LogP contribution in [0.5, 0.6) is 46.0 Å². The van der Waals surface area contributed by atoms with Crippen molar-refractivity contribution >= 4 is 44.1 Å². The van der Waals surface area contributed by atoms with Crippen molar-refractivity contribution in [2.24, 2.45) is 0 Å². The Bertz CT molecular complexity index is 4630. The van der Waals surface area contributed by atoms with Crippen molar-refractivity contribution in [1.29, 1.82) is 0 Å². The van der Waals surface area contributed by atoms with E-state index in [1.807, 2.05) is 159 Å². The molecule has 0 N–H and O–H groups in total. The molecule has 8 atom stereocenters. The minimum absolute atomic E-state index is 0. The zero-order chi connectivity index (χ0) is 78.1. The van der Waals surface area contributed by atoms with E-state index in [2.05, 4.69) is 0 Å². The Morgan fingerprint density at radius 2 is 0.407 bits per heavy atom. The molecule has 0 aliphatic carbocycles. The van der Waals surface area contributed by atoms with Gasteiger partial charge in [0.1, 0.15) is 102 Å². The zero-order valence-corrected chi connectivity index (χ0v) is 69.6. The van der Waals surface area contributed by atoms with E-state index < -0.39 is 95.1 Å². The monoisotopic (exact) mass is 1620 g/mol. The summed E-state index contributed by atoms with van der Waals surface area (Å²) in [6.45, 7) is 32.7. The smallest absolute Gasteiger partial charge is 0.487 e. The predicted octanol–water partition coefficient (Wildman–Crippen LogP) is 10.4. The van der Waals surface area contributed by atoms with Gasteiger partial charge in [-0.05, 0) is 181 Å². The molecule has 0 saturated carbocycles. The number of hydrogen-bond donors (Lipinski definition) is 0. The zero-order valence-electron chi connectivity index (χ0n) is 66.6. The molecule has 7 aromatic rings. The normalized spacial score (nSPS) is 26.3. The summed E-state index contributed by atoms with van der Waals surface area (Å²) < 4.78 is 152. The van der Waals surface area contributed by atoms with Gasteiger partial charge in [0.2, 0.25) is 0 Å². The Hall–Kier alpha value is -7.38. The van der Waals surface area contributed by atoms with E-state index in [-0.39, 0.29) is 171 Å². The number of nitrogens with zero attached hydrogens (tertiary/aromatic N) is 8. The van der Waals surface area contributed by atoms with Crippen molar-refractivity contribution in [2.75, 3.05) is 106 Å². The van der Waals surface area contributed by atoms with E-state index in [0.29, 0.717) is 89.8 Å². The number of rotatable bonds is 24. The minimum Gasteiger partial charge on any atom is -0.487 e. The molecular formula is C80H96N8O24Zn. The van der Waals surface area contributed by atoms with Crippen molar-refractivity contribution < 1.29 is 133 Å². The van der Waals surface area contributed by atoms with Gasteiger partial charge in [-0.25, -0.2) is 15.0 Å². The van der Waals surface area contributed by atoms with Crippen LogP contribution < -0.4 is 47.9 Å². The van der Waals surface area contributed by atoms with Crippen LogP contribution in [0.3, 0.4) is 0 Å². The van der Waals surface area contributed by atoms with Crippen molar-refractivity contribution in [3.63, 3.8) is 0 Å². The molecule has 8 fully saturated rings. The Kier molecular flexibility index (Phi) is 21.3. The molecule has 0 radical (unpaired) electrons. The summed E-state index contributed by atoms with van der Waals surface area (Å²) in [5.74, 6) is -3.33. The summed E-state index contributed by atoms with van der Waals surface area (Å²) in [5.41, 5.74) is 2.66. The largest absolute Gasteiger partial charge is 2.00 e. The predicted molar refractivity (Wildman–Crippen MR) is 397 cm³/mol. The molecule has 0 amide bonds. The number of benzene rings is 4. The van der Waals surface area contributed by atoms with Crippen LogP contribution >= 0.6 is 0 Å². The molecule has 33 heteroatoms. The molecule has 13 heterocycles. The molecule has 0 spiro atoms. The SMILES string of the molecule is CC1(C)OCC(COc2cc3c(cc2OCC2COC(C)(C)O2)-c2nc-3nc3nc(nc4[n-]c(nc5[n-]c(n2)c2cc(OCC6COC(C)(C)O6)c(OCC6COC(C)(C)O6)cc52)c2cc(OCC5COC(C)(C)O5)c(OCC5COC(C)(C)O5)cc42)-c2cc(OCC4COC(C)(C)O4)c(OCC4COC(C)(C)O4)cc2-3)O1.[Zn+2]. The van der Waals surface area contributed by atoms with Gasteiger partial charge in [0.15, 0.2) is 104 Å². The second kappa shape index (κ2) is 30.3. The fourth-order valence-electron chi connectivity index (χ4n) is 14.8. The average Bonchev–Trinajstić information content (AvgIpc) is 1.62. The van der Waals surface area contributed by atoms with E-state index in [0.717, 1.165) is 0 Å². The van der Waals surface area contributed by atoms with Crippen molar-refractivity contribution in [2.45, 2.75) is 206 Å². The second-order valence-corrected chi connectivity index (χ2v) is 33.0. The molecule has 17 rings (SSSR count). The molecule has 113 heavy (non-hydrogen) atoms. The maximum absolute atomic E-state index is 6.77. The Morgan fingerprint density at radius 3 is 0.575 bits per heavy atom. The minimum atomic E-state index is -0.839. The first-order chi connectivity index (χ1) is 53.1. The number of ether oxygens (including phenoxy) is 24. The summed E-state index contributed by atoms with van der Waals surface area (Å²) in [4.78, 5) is 43.3. The fraction of sp³-hybridized carbons (Fsp3) is 0.600. The standard InChI is InChI=1S/C80H96N8O24.Zn/c1-73(2)97-33-41(105-73)25-89-57-17-49-50(18-58(57)90-26-42-34-98-74(3,4)106-42)66-81-65(49)85-67-51-19-59(91-27-43-35-99-75(5,6)107-43)60(92-28-44-36-100-76(7,8)108-44)20-52(51)69(82-67)87-71-55-23-63(95-31-47-39-103-79(13,14)111-47)64(96-32-48-40-104-80(15,16)112-48)24-56(55)72(84-71)88-70-54-22-62(94-30-46-38-102-78(11,12)110-46)61(21-53(54)68(83-70)86-66)93-29-45-37-101-77(9,10)109-45;/h17-24,41-48H,25-40H2,1-16H3;/q-2;+2. The van der Waals surface area contributed by atoms with Crippen LogP contribution in [0.15, 0.2) is 48.5 Å². The van der Waals surface area contributed by atoms with Gasteiger partial charge in [-0.2, -0.15) is 0 Å². The molecule has 8 saturated heterocycles. The van der Waals surface area contributed by atoms with Gasteiger partial charge in [-0.3, -0.25) is 0 Å². The molecule has 4 aromatic carbocycles. The molecule has 10 aliphatic heterocycles. The Labute approximate surface area is 665 Å². The van der Waals surface area contributed by atoms with E-state index >= 15 is 0 Å². The van der Waals surface area contributed by atoms with Crippen molar-refractivity contribution in [3.8, 4) is 91.5 Å². The summed E-state index contributed by atoms with van der Waals surface area (Å²) in [6, 6.07) is 14.6. The summed E-state index contributed by atoms with van der Waals surface area (Å²) >= 11 is 0. The van der Waals surface area contributed by atoms with E-state index in [9.17, 15) is 0 Å². The molecule has 3 aromatic heterocycles. The first-order valence-corrected chi connectivity index (χ1v) is 38.1. The summed E-state index contributed by atoms with van der Waals surface area (Å²) in [6.07, 6.45) is -3.51. The number of aromatic nitrogens is 8. The molecule has 32 nitrogen and oxygen atoms in total. The van der Waals surface area contributed by atoms with Gasteiger partial charge in [0.05, 0.1) is 64.5 Å². The van der Waals surface area contributed by atoms with Gasteiger partial charge in [-0.15, -0.1) is 0 Å². The third-order valence-corrected chi connectivity index (χ3v) is 19.9. The first kappa shape index (κ1) is 79.5. The van der Waals surface area contributed by atoms with Crippen LogP contribution in [0.1, 0.15) is 111 Å². The van der Waals surface area contributed by atoms with E-state index in [1.54, 1.807) is 0 Å². The summed E-state index contributed by atoms with van der Waals surface area (Å²) in [7, 11) is 0. The van der Waals surface area contributed by atoms with Gasteiger partial charge in [-0.1, -0.05) is 0 Å². The first-order valence-electron chi connectivity index (χ1n) is 38.1. The molecule has 602 valence electrons. The Balaban J connectivity index is 0.00000964. The number of hydrogen-bond acceptors (Lipinski definition) is 30. The third-order valence-electron chi connectivity index (χ3n) is 19.9. The van der Waals surface area contributed by atoms with Crippen molar-refractivity contribution in [1.82, 2.24) is 39.9 Å². The molecule has 8 unspecified atom stereocenters. The van der Waals surface area contributed by atoms with Crippen LogP contribution in [0.2, 0.25) is 0 Å². The van der Waals surface area contributed by atoms with Crippen LogP contribution in [-0.2, 0) is 95.3 Å². The molecule has 10 aliphatic rings. The van der Waals surface area contributed by atoms with Gasteiger partial charge in [0, 0.05) is 44.8 Å². The number of fused-ring (bicyclic) bond motifs is 20. The fourth-order valence-corrected chi connectivity index (χ4v) is 14.8. The quantitative estimate of drug-likeness (QED) is 0.0507. The van der Waals surface area contributed by atoms with Crippen LogP contribution in [-0.4, -0.2) is 231 Å². The second-order valence-electron chi connectivity index (χ2n) is 33.0. The maximum Gasteiger partial charge on any atom is 2.00 e. The summed E-state index contributed by atoms with van der Waals surface area (Å²) in [5, 5.41) is 1.95. The van der Waals surface area contributed by atoms with Crippen LogP contribution in [0.25, 0.3) is 89.7 Å². The van der Waals surface area contributed by atoms with Crippen LogP contribution in [0, 0.1) is 0 Å². The van der Waals surface area contributed by atoms with Crippen LogP contribution in [0.4, 0.5) is 0 Å². The van der Waals surface area contributed by atoms with Gasteiger partial charge in [0.25, 0.3) is 0 Å². The maximum atomic E-state index is 6.77. The topological polar surface area (TPSA) is 327 Å². The third kappa shape index (κ3) is 17.8. The molecule has 8 bridgehead atoms. The van der Waals surface area contributed by atoms with Gasteiger partial charge < -0.3 is 139 Å². The van der Waals surface area contributed by atoms with Gasteiger partial charge >= 0.3 is 19.5 Å².